The number of ether oxygens (including phenoxy) is 1. The summed E-state index contributed by atoms with van der Waals surface area (Å²) in [5, 5.41) is 0. The number of hydrogen-bond acceptors (Lipinski definition) is 2. The average Bonchev–Trinajstić information content (AvgIpc) is 2.93. The van der Waals surface area contributed by atoms with E-state index in [9.17, 15) is 39.5 Å². The van der Waals surface area contributed by atoms with Gasteiger partial charge < -0.3 is 9.72 Å². The van der Waals surface area contributed by atoms with Crippen molar-refractivity contribution in [1.82, 2.24) is 9.97 Å². The van der Waals surface area contributed by atoms with Gasteiger partial charge in [0.15, 0.2) is 6.61 Å². The fourth-order valence-corrected chi connectivity index (χ4v) is 1.80. The first-order valence-corrected chi connectivity index (χ1v) is 6.31. The Morgan fingerprint density at radius 3 is 2.04 bits per heavy atom. The maximum Gasteiger partial charge on any atom is 0.432 e. The lowest BCUT2D eigenvalue weighted by Gasteiger charge is -2.16. The van der Waals surface area contributed by atoms with Gasteiger partial charge in [-0.3, -0.25) is 0 Å². The van der Waals surface area contributed by atoms with Gasteiger partial charge in [-0.2, -0.15) is 39.5 Å². The number of aromatic nitrogens is 2. The van der Waals surface area contributed by atoms with E-state index < -0.39 is 53.5 Å². The summed E-state index contributed by atoms with van der Waals surface area (Å²) < 4.78 is 117. The first-order chi connectivity index (χ1) is 11.3. The van der Waals surface area contributed by atoms with Crippen molar-refractivity contribution in [2.75, 3.05) is 6.61 Å². The van der Waals surface area contributed by atoms with Gasteiger partial charge in [-0.15, -0.1) is 0 Å². The summed E-state index contributed by atoms with van der Waals surface area (Å²) in [6, 6.07) is 1.80. The molecule has 2 aromatic rings. The summed E-state index contributed by atoms with van der Waals surface area (Å²) in [4.78, 5) is 5.13. The number of nitrogens with one attached hydrogen (secondary N) is 1. The molecular weight excluding hydrogens is 371 g/mol. The van der Waals surface area contributed by atoms with Gasteiger partial charge in [-0.25, -0.2) is 4.98 Å². The SMILES string of the molecule is FC(F)(F)COc1ccc(-c2ncc(C(F)(F)F)[nH]2)cc1C(F)(F)F. The van der Waals surface area contributed by atoms with E-state index in [0.29, 0.717) is 18.3 Å². The number of imidazole rings is 1. The molecule has 0 saturated heterocycles. The molecule has 0 aliphatic rings. The number of halogens is 9. The number of aromatic amines is 1. The molecule has 12 heteroatoms. The Bertz CT molecular complexity index is 743. The average molecular weight is 378 g/mol. The van der Waals surface area contributed by atoms with Gasteiger partial charge >= 0.3 is 18.5 Å². The molecule has 25 heavy (non-hydrogen) atoms. The largest absolute Gasteiger partial charge is 0.483 e. The molecule has 1 heterocycles. The Labute approximate surface area is 133 Å². The van der Waals surface area contributed by atoms with E-state index in [-0.39, 0.29) is 0 Å². The van der Waals surface area contributed by atoms with Crippen LogP contribution >= 0.6 is 0 Å². The maximum absolute atomic E-state index is 13.0. The minimum Gasteiger partial charge on any atom is -0.483 e. The highest BCUT2D eigenvalue weighted by atomic mass is 19.4. The summed E-state index contributed by atoms with van der Waals surface area (Å²) >= 11 is 0. The Morgan fingerprint density at radius 2 is 1.56 bits per heavy atom. The highest BCUT2D eigenvalue weighted by Gasteiger charge is 2.37. The van der Waals surface area contributed by atoms with Crippen molar-refractivity contribution in [3.8, 4) is 17.1 Å². The van der Waals surface area contributed by atoms with Crippen molar-refractivity contribution in [2.45, 2.75) is 18.5 Å². The first-order valence-electron chi connectivity index (χ1n) is 6.31. The van der Waals surface area contributed by atoms with Crippen LogP contribution in [0.3, 0.4) is 0 Å². The summed E-state index contributed by atoms with van der Waals surface area (Å²) in [5.41, 5.74) is -3.25. The van der Waals surface area contributed by atoms with E-state index in [1.807, 2.05) is 0 Å². The Kier molecular flexibility index (Phi) is 4.66. The van der Waals surface area contributed by atoms with Gasteiger partial charge in [0, 0.05) is 5.56 Å². The lowest BCUT2D eigenvalue weighted by atomic mass is 10.1. The van der Waals surface area contributed by atoms with Gasteiger partial charge in [0.1, 0.15) is 17.3 Å². The topological polar surface area (TPSA) is 37.9 Å². The minimum atomic E-state index is -5.09. The number of H-pyrrole nitrogens is 1. The van der Waals surface area contributed by atoms with Crippen LogP contribution in [0.5, 0.6) is 5.75 Å². The van der Waals surface area contributed by atoms with Crippen LogP contribution in [-0.2, 0) is 12.4 Å². The quantitative estimate of drug-likeness (QED) is 0.759. The molecule has 0 unspecified atom stereocenters. The fraction of sp³-hybridized carbons (Fsp3) is 0.308. The second kappa shape index (κ2) is 6.15. The molecule has 3 nitrogen and oxygen atoms in total. The molecule has 0 aliphatic heterocycles. The standard InChI is InChI=1S/C13H7F9N2O/c14-11(15,16)5-25-8-2-1-6(3-7(8)12(17,18)19)10-23-4-9(24-10)13(20,21)22/h1-4H,5H2,(H,23,24). The summed E-state index contributed by atoms with van der Waals surface area (Å²) in [7, 11) is 0. The molecule has 2 rings (SSSR count). The fourth-order valence-electron chi connectivity index (χ4n) is 1.80. The predicted molar refractivity (Wildman–Crippen MR) is 65.6 cm³/mol. The molecule has 0 fully saturated rings. The third-order valence-corrected chi connectivity index (χ3v) is 2.83. The van der Waals surface area contributed by atoms with Gasteiger partial charge in [-0.05, 0) is 18.2 Å². The summed E-state index contributed by atoms with van der Waals surface area (Å²) in [5.74, 6) is -1.63. The zero-order chi connectivity index (χ0) is 19.0. The summed E-state index contributed by atoms with van der Waals surface area (Å²) in [6.07, 6.45) is -14.3. The molecule has 0 bridgehead atoms. The van der Waals surface area contributed by atoms with E-state index in [0.717, 1.165) is 6.07 Å². The van der Waals surface area contributed by atoms with Crippen LogP contribution < -0.4 is 4.74 Å². The van der Waals surface area contributed by atoms with Crippen molar-refractivity contribution in [3.05, 3.63) is 35.7 Å². The molecule has 138 valence electrons. The number of nitrogens with zero attached hydrogens (tertiary/aromatic N) is 1. The highest BCUT2D eigenvalue weighted by molar-refractivity contribution is 5.59. The van der Waals surface area contributed by atoms with Crippen LogP contribution in [0.15, 0.2) is 24.4 Å². The third kappa shape index (κ3) is 4.79. The lowest BCUT2D eigenvalue weighted by molar-refractivity contribution is -0.158. The molecule has 1 aromatic carbocycles. The van der Waals surface area contributed by atoms with E-state index in [1.165, 1.54) is 0 Å². The van der Waals surface area contributed by atoms with E-state index >= 15 is 0 Å². The number of hydrogen-bond donors (Lipinski definition) is 1. The molecule has 0 spiro atoms. The van der Waals surface area contributed by atoms with Gasteiger partial charge in [0.05, 0.1) is 11.8 Å². The van der Waals surface area contributed by atoms with Crippen LogP contribution in [0.2, 0.25) is 0 Å². The van der Waals surface area contributed by atoms with Gasteiger partial charge in [-0.1, -0.05) is 0 Å². The maximum atomic E-state index is 13.0. The molecule has 0 atom stereocenters. The molecule has 0 radical (unpaired) electrons. The first kappa shape index (κ1) is 18.9. The van der Waals surface area contributed by atoms with E-state index in [2.05, 4.69) is 9.72 Å². The monoisotopic (exact) mass is 378 g/mol. The van der Waals surface area contributed by atoms with Crippen molar-refractivity contribution in [2.24, 2.45) is 0 Å². The number of alkyl halides is 9. The lowest BCUT2D eigenvalue weighted by Crippen LogP contribution is -2.20. The molecule has 1 N–H and O–H groups in total. The van der Waals surface area contributed by atoms with Crippen molar-refractivity contribution >= 4 is 0 Å². The van der Waals surface area contributed by atoms with E-state index in [1.54, 1.807) is 4.98 Å². The van der Waals surface area contributed by atoms with Gasteiger partial charge in [0.25, 0.3) is 0 Å². The number of benzene rings is 1. The zero-order valence-electron chi connectivity index (χ0n) is 11.8. The third-order valence-electron chi connectivity index (χ3n) is 2.83. The van der Waals surface area contributed by atoms with E-state index in [4.69, 9.17) is 0 Å². The second-order valence-electron chi connectivity index (χ2n) is 4.76. The van der Waals surface area contributed by atoms with Crippen molar-refractivity contribution < 1.29 is 44.3 Å². The van der Waals surface area contributed by atoms with Crippen LogP contribution in [0.25, 0.3) is 11.4 Å². The highest BCUT2D eigenvalue weighted by Crippen LogP contribution is 2.39. The molecule has 0 saturated carbocycles. The second-order valence-corrected chi connectivity index (χ2v) is 4.76. The molecular formula is C13H7F9N2O. The Balaban J connectivity index is 2.40. The van der Waals surface area contributed by atoms with Crippen LogP contribution in [0.4, 0.5) is 39.5 Å². The zero-order valence-corrected chi connectivity index (χ0v) is 11.8. The molecule has 1 aromatic heterocycles. The Hall–Kier alpha value is -2.40. The Morgan fingerprint density at radius 1 is 0.920 bits per heavy atom. The minimum absolute atomic E-state index is 0.352. The van der Waals surface area contributed by atoms with Gasteiger partial charge in [0.2, 0.25) is 0 Å². The van der Waals surface area contributed by atoms with Crippen molar-refractivity contribution in [3.63, 3.8) is 0 Å². The predicted octanol–water partition coefficient (Wildman–Crippen LogP) is 5.06. The normalized spacial score (nSPS) is 13.2. The number of rotatable bonds is 3. The van der Waals surface area contributed by atoms with Crippen LogP contribution in [0.1, 0.15) is 11.3 Å². The van der Waals surface area contributed by atoms with Crippen LogP contribution in [-0.4, -0.2) is 22.8 Å². The molecule has 0 aliphatic carbocycles. The van der Waals surface area contributed by atoms with Crippen molar-refractivity contribution in [1.29, 1.82) is 0 Å². The smallest absolute Gasteiger partial charge is 0.432 e. The summed E-state index contributed by atoms with van der Waals surface area (Å²) in [6.45, 7) is -1.95. The van der Waals surface area contributed by atoms with Crippen LogP contribution in [0, 0.1) is 0 Å². The molecule has 0 amide bonds.